The summed E-state index contributed by atoms with van der Waals surface area (Å²) in [6, 6.07) is 14.4. The monoisotopic (exact) mass is 581 g/mol. The number of nitriles is 1. The minimum atomic E-state index is -3.60. The fourth-order valence-electron chi connectivity index (χ4n) is 5.23. The van der Waals surface area contributed by atoms with Gasteiger partial charge in [-0.05, 0) is 74.7 Å². The molecule has 1 amide bonds. The summed E-state index contributed by atoms with van der Waals surface area (Å²) in [4.78, 5) is 14.1. The van der Waals surface area contributed by atoms with Crippen LogP contribution in [0.2, 0.25) is 0 Å². The van der Waals surface area contributed by atoms with Crippen LogP contribution in [0.5, 0.6) is 5.75 Å². The highest BCUT2D eigenvalue weighted by molar-refractivity contribution is 7.92. The standard InChI is InChI=1S/C31H39N3O6S/c1-6-41(36,37)34-28-11-10-27(39-26-12-14-33(15-13-26)30(35)40-31(2,3)4)18-24(28)19-29(34)25(21-38-5)17-22-8-7-9-23(16-22)20-32/h7-11,16-18,26,29H,6,12-15,19,21H2,1-5H3/b25-17+. The quantitative estimate of drug-likeness (QED) is 0.424. The van der Waals surface area contributed by atoms with E-state index in [-0.39, 0.29) is 24.6 Å². The van der Waals surface area contributed by atoms with E-state index in [0.717, 1.165) is 16.7 Å². The number of likely N-dealkylation sites (tertiary alicyclic amines) is 1. The zero-order valence-electron chi connectivity index (χ0n) is 24.4. The lowest BCUT2D eigenvalue weighted by Gasteiger charge is -2.33. The average molecular weight is 582 g/mol. The second kappa shape index (κ2) is 12.5. The highest BCUT2D eigenvalue weighted by Crippen LogP contribution is 2.40. The van der Waals surface area contributed by atoms with E-state index in [1.165, 1.54) is 4.31 Å². The minimum absolute atomic E-state index is 0.0401. The summed E-state index contributed by atoms with van der Waals surface area (Å²) in [6.45, 7) is 8.54. The third-order valence-corrected chi connectivity index (χ3v) is 8.93. The Kier molecular flexibility index (Phi) is 9.30. The molecule has 1 unspecified atom stereocenters. The molecule has 0 aliphatic carbocycles. The van der Waals surface area contributed by atoms with Crippen LogP contribution in [0, 0.1) is 11.3 Å². The number of methoxy groups -OCH3 is 1. The Balaban J connectivity index is 1.55. The number of fused-ring (bicyclic) bond motifs is 1. The second-order valence-electron chi connectivity index (χ2n) is 11.4. The molecule has 4 rings (SSSR count). The molecule has 0 aromatic heterocycles. The molecule has 2 aliphatic heterocycles. The molecular formula is C31H39N3O6S. The summed E-state index contributed by atoms with van der Waals surface area (Å²) in [5.41, 5.74) is 3.11. The Morgan fingerprint density at radius 3 is 2.51 bits per heavy atom. The fourth-order valence-corrected chi connectivity index (χ4v) is 6.58. The molecule has 0 bridgehead atoms. The van der Waals surface area contributed by atoms with Gasteiger partial charge in [-0.25, -0.2) is 13.2 Å². The number of anilines is 1. The molecule has 0 spiro atoms. The van der Waals surface area contributed by atoms with Crippen molar-refractivity contribution in [2.75, 3.05) is 36.9 Å². The van der Waals surface area contributed by atoms with Crippen LogP contribution in [0.4, 0.5) is 10.5 Å². The third-order valence-electron chi connectivity index (χ3n) is 7.15. The van der Waals surface area contributed by atoms with Gasteiger partial charge in [0.1, 0.15) is 17.5 Å². The first-order valence-electron chi connectivity index (χ1n) is 13.9. The maximum Gasteiger partial charge on any atom is 0.410 e. The molecule has 0 N–H and O–H groups in total. The topological polar surface area (TPSA) is 109 Å². The van der Waals surface area contributed by atoms with E-state index in [1.54, 1.807) is 37.1 Å². The van der Waals surface area contributed by atoms with Crippen molar-refractivity contribution < 1.29 is 27.4 Å². The average Bonchev–Trinajstić information content (AvgIpc) is 3.32. The van der Waals surface area contributed by atoms with Gasteiger partial charge in [0.15, 0.2) is 0 Å². The van der Waals surface area contributed by atoms with Crippen molar-refractivity contribution in [3.63, 3.8) is 0 Å². The summed E-state index contributed by atoms with van der Waals surface area (Å²) < 4.78 is 45.5. The molecule has 0 saturated carbocycles. The van der Waals surface area contributed by atoms with Crippen LogP contribution in [-0.2, 0) is 25.9 Å². The number of hydrogen-bond acceptors (Lipinski definition) is 7. The Hall–Kier alpha value is -3.55. The van der Waals surface area contributed by atoms with E-state index >= 15 is 0 Å². The van der Waals surface area contributed by atoms with Crippen LogP contribution in [0.15, 0.2) is 48.0 Å². The van der Waals surface area contributed by atoms with E-state index in [4.69, 9.17) is 14.2 Å². The Morgan fingerprint density at radius 2 is 1.88 bits per heavy atom. The zero-order valence-corrected chi connectivity index (χ0v) is 25.2. The summed E-state index contributed by atoms with van der Waals surface area (Å²) in [5.74, 6) is 0.634. The number of piperidine rings is 1. The largest absolute Gasteiger partial charge is 0.490 e. The number of amides is 1. The smallest absolute Gasteiger partial charge is 0.410 e. The van der Waals surface area contributed by atoms with Crippen molar-refractivity contribution in [1.82, 2.24) is 4.90 Å². The summed E-state index contributed by atoms with van der Waals surface area (Å²) in [6.07, 6.45) is 3.37. The van der Waals surface area contributed by atoms with Gasteiger partial charge in [0.05, 0.1) is 35.7 Å². The van der Waals surface area contributed by atoms with Gasteiger partial charge in [0.25, 0.3) is 0 Å². The molecule has 41 heavy (non-hydrogen) atoms. The van der Waals surface area contributed by atoms with Gasteiger partial charge in [0.2, 0.25) is 10.0 Å². The lowest BCUT2D eigenvalue weighted by atomic mass is 10.00. The number of rotatable bonds is 8. The molecule has 2 aliphatic rings. The third kappa shape index (κ3) is 7.40. The molecule has 1 atom stereocenters. The van der Waals surface area contributed by atoms with Crippen molar-refractivity contribution in [1.29, 1.82) is 5.26 Å². The number of carbonyl (C=O) groups excluding carboxylic acids is 1. The number of nitrogens with zero attached hydrogens (tertiary/aromatic N) is 3. The van der Waals surface area contributed by atoms with Crippen molar-refractivity contribution in [2.24, 2.45) is 0 Å². The Bertz CT molecular complexity index is 1430. The molecule has 2 aromatic carbocycles. The van der Waals surface area contributed by atoms with Gasteiger partial charge in [-0.15, -0.1) is 0 Å². The van der Waals surface area contributed by atoms with E-state index in [9.17, 15) is 18.5 Å². The van der Waals surface area contributed by atoms with Crippen LogP contribution in [0.3, 0.4) is 0 Å². The maximum atomic E-state index is 13.4. The number of ether oxygens (including phenoxy) is 3. The van der Waals surface area contributed by atoms with Crippen LogP contribution < -0.4 is 9.04 Å². The number of hydrogen-bond donors (Lipinski definition) is 0. The molecule has 2 aromatic rings. The van der Waals surface area contributed by atoms with Crippen LogP contribution in [0.1, 0.15) is 57.2 Å². The van der Waals surface area contributed by atoms with Gasteiger partial charge in [-0.1, -0.05) is 18.2 Å². The van der Waals surface area contributed by atoms with E-state index in [1.807, 2.05) is 51.1 Å². The van der Waals surface area contributed by atoms with Crippen molar-refractivity contribution in [3.05, 3.63) is 64.7 Å². The van der Waals surface area contributed by atoms with E-state index in [0.29, 0.717) is 49.4 Å². The fraction of sp³-hybridized carbons (Fsp3) is 0.484. The number of benzene rings is 2. The summed E-state index contributed by atoms with van der Waals surface area (Å²) in [7, 11) is -2.02. The maximum absolute atomic E-state index is 13.4. The number of sulfonamides is 1. The van der Waals surface area contributed by atoms with Gasteiger partial charge < -0.3 is 19.1 Å². The SMILES string of the molecule is CCS(=O)(=O)N1c2ccc(OC3CCN(C(=O)OC(C)(C)C)CC3)cc2CC1/C(=C/c1cccc(C#N)c1)COC. The van der Waals surface area contributed by atoms with Crippen LogP contribution in [-0.4, -0.2) is 69.7 Å². The van der Waals surface area contributed by atoms with E-state index < -0.39 is 21.7 Å². The normalized spacial score (nSPS) is 18.1. The first kappa shape index (κ1) is 30.4. The van der Waals surface area contributed by atoms with Gasteiger partial charge in [-0.3, -0.25) is 4.31 Å². The van der Waals surface area contributed by atoms with Crippen molar-refractivity contribution >= 4 is 27.9 Å². The lowest BCUT2D eigenvalue weighted by molar-refractivity contribution is 0.0126. The molecular weight excluding hydrogens is 542 g/mol. The summed E-state index contributed by atoms with van der Waals surface area (Å²) >= 11 is 0. The Labute approximate surface area is 243 Å². The molecule has 10 heteroatoms. The van der Waals surface area contributed by atoms with E-state index in [2.05, 4.69) is 6.07 Å². The first-order valence-corrected chi connectivity index (χ1v) is 15.5. The molecule has 9 nitrogen and oxygen atoms in total. The predicted octanol–water partition coefficient (Wildman–Crippen LogP) is 5.15. The number of carbonyl (C=O) groups is 1. The molecule has 1 fully saturated rings. The van der Waals surface area contributed by atoms with Gasteiger partial charge in [0, 0.05) is 39.5 Å². The molecule has 1 saturated heterocycles. The second-order valence-corrected chi connectivity index (χ2v) is 13.5. The minimum Gasteiger partial charge on any atom is -0.490 e. The van der Waals surface area contributed by atoms with Crippen LogP contribution in [0.25, 0.3) is 6.08 Å². The highest BCUT2D eigenvalue weighted by Gasteiger charge is 2.39. The van der Waals surface area contributed by atoms with Crippen molar-refractivity contribution in [3.8, 4) is 11.8 Å². The molecule has 220 valence electrons. The molecule has 2 heterocycles. The van der Waals surface area contributed by atoms with Crippen molar-refractivity contribution in [2.45, 2.75) is 64.7 Å². The molecule has 0 radical (unpaired) electrons. The Morgan fingerprint density at radius 1 is 1.15 bits per heavy atom. The van der Waals surface area contributed by atoms with Gasteiger partial charge >= 0.3 is 6.09 Å². The zero-order chi connectivity index (χ0) is 29.8. The van der Waals surface area contributed by atoms with Crippen LogP contribution >= 0.6 is 0 Å². The first-order chi connectivity index (χ1) is 19.4. The lowest BCUT2D eigenvalue weighted by Crippen LogP contribution is -2.44. The predicted molar refractivity (Wildman–Crippen MR) is 158 cm³/mol. The van der Waals surface area contributed by atoms with Gasteiger partial charge in [-0.2, -0.15) is 5.26 Å². The highest BCUT2D eigenvalue weighted by atomic mass is 32.2. The summed E-state index contributed by atoms with van der Waals surface area (Å²) in [5, 5.41) is 9.31.